The molecule has 3 heterocycles. The summed E-state index contributed by atoms with van der Waals surface area (Å²) in [4.78, 5) is 6.36. The number of halogens is 1. The number of piperidine rings is 1. The van der Waals surface area contributed by atoms with Crippen LogP contribution in [-0.4, -0.2) is 33.5 Å². The van der Waals surface area contributed by atoms with E-state index in [4.69, 9.17) is 22.6 Å². The molecule has 9 heteroatoms. The van der Waals surface area contributed by atoms with E-state index in [-0.39, 0.29) is 17.5 Å². The monoisotopic (exact) mass is 417 g/mol. The maximum Gasteiger partial charge on any atom is 0.239 e. The zero-order chi connectivity index (χ0) is 20.1. The van der Waals surface area contributed by atoms with Gasteiger partial charge in [0, 0.05) is 37.8 Å². The van der Waals surface area contributed by atoms with Crippen molar-refractivity contribution < 1.29 is 8.42 Å². The molecule has 0 spiro atoms. The quantitative estimate of drug-likeness (QED) is 0.805. The van der Waals surface area contributed by atoms with Crippen LogP contribution in [0.25, 0.3) is 11.1 Å². The summed E-state index contributed by atoms with van der Waals surface area (Å²) in [5.74, 6) is 0.288. The molecule has 2 N–H and O–H groups in total. The molecular weight excluding hydrogens is 398 g/mol. The van der Waals surface area contributed by atoms with Gasteiger partial charge in [0.2, 0.25) is 10.0 Å². The van der Waals surface area contributed by atoms with Crippen LogP contribution in [-0.2, 0) is 15.8 Å². The highest BCUT2D eigenvalue weighted by molar-refractivity contribution is 7.92. The van der Waals surface area contributed by atoms with Crippen LogP contribution in [0.3, 0.4) is 0 Å². The summed E-state index contributed by atoms with van der Waals surface area (Å²) in [6.07, 6.45) is 3.21. The van der Waals surface area contributed by atoms with Crippen LogP contribution in [0.4, 0.5) is 17.2 Å². The Morgan fingerprint density at radius 3 is 2.71 bits per heavy atom. The van der Waals surface area contributed by atoms with E-state index in [0.29, 0.717) is 23.8 Å². The van der Waals surface area contributed by atoms with E-state index in [1.807, 2.05) is 18.2 Å². The van der Waals surface area contributed by atoms with E-state index in [0.717, 1.165) is 35.2 Å². The normalized spacial score (nSPS) is 18.8. The van der Waals surface area contributed by atoms with Crippen LogP contribution in [0.15, 0.2) is 24.4 Å². The van der Waals surface area contributed by atoms with Crippen LogP contribution >= 0.6 is 11.6 Å². The Hall–Kier alpha value is -2.50. The Kier molecular flexibility index (Phi) is 4.60. The van der Waals surface area contributed by atoms with Crippen LogP contribution in [0.2, 0.25) is 5.02 Å². The van der Waals surface area contributed by atoms with E-state index < -0.39 is 10.0 Å². The third-order valence-corrected chi connectivity index (χ3v) is 7.58. The highest BCUT2D eigenvalue weighted by Gasteiger charge is 2.31. The zero-order valence-corrected chi connectivity index (χ0v) is 17.0. The summed E-state index contributed by atoms with van der Waals surface area (Å²) in [5, 5.41) is 9.54. The van der Waals surface area contributed by atoms with Gasteiger partial charge < -0.3 is 10.6 Å². The molecule has 146 valence electrons. The van der Waals surface area contributed by atoms with Crippen molar-refractivity contribution in [2.24, 2.45) is 5.92 Å². The van der Waals surface area contributed by atoms with Gasteiger partial charge in [-0.15, -0.1) is 0 Å². The van der Waals surface area contributed by atoms with Crippen molar-refractivity contribution in [3.8, 4) is 17.2 Å². The second kappa shape index (κ2) is 6.83. The number of fused-ring (bicyclic) bond motifs is 1. The first kappa shape index (κ1) is 18.8. The van der Waals surface area contributed by atoms with Gasteiger partial charge in [-0.2, -0.15) is 5.26 Å². The lowest BCUT2D eigenvalue weighted by atomic mass is 9.96. The molecule has 2 aliphatic rings. The van der Waals surface area contributed by atoms with Gasteiger partial charge in [0.05, 0.1) is 23.2 Å². The summed E-state index contributed by atoms with van der Waals surface area (Å²) in [6.45, 7) is 1.41. The maximum absolute atomic E-state index is 12.2. The fraction of sp³-hybridized carbons (Fsp3) is 0.368. The van der Waals surface area contributed by atoms with Gasteiger partial charge in [-0.1, -0.05) is 17.7 Å². The summed E-state index contributed by atoms with van der Waals surface area (Å²) in [7, 11) is -1.74. The van der Waals surface area contributed by atoms with E-state index >= 15 is 0 Å². The summed E-state index contributed by atoms with van der Waals surface area (Å²) >= 11 is 6.54. The molecule has 1 saturated heterocycles. The van der Waals surface area contributed by atoms with Crippen molar-refractivity contribution in [3.63, 3.8) is 0 Å². The Labute approximate surface area is 169 Å². The molecular formula is C19H20ClN5O2S. The van der Waals surface area contributed by atoms with Gasteiger partial charge in [-0.3, -0.25) is 4.31 Å². The van der Waals surface area contributed by atoms with Crippen molar-refractivity contribution in [2.45, 2.75) is 18.6 Å². The van der Waals surface area contributed by atoms with Crippen LogP contribution < -0.4 is 14.9 Å². The maximum atomic E-state index is 12.2. The molecule has 4 rings (SSSR count). The lowest BCUT2D eigenvalue weighted by Gasteiger charge is -2.33. The summed E-state index contributed by atoms with van der Waals surface area (Å²) in [5.41, 5.74) is 9.85. The first-order valence-electron chi connectivity index (χ1n) is 9.00. The second-order valence-electron chi connectivity index (χ2n) is 7.18. The predicted octanol–water partition coefficient (Wildman–Crippen LogP) is 3.00. The molecule has 7 nitrogen and oxygen atoms in total. The molecule has 0 radical (unpaired) electrons. The van der Waals surface area contributed by atoms with Crippen molar-refractivity contribution in [3.05, 3.63) is 35.0 Å². The Morgan fingerprint density at radius 1 is 1.32 bits per heavy atom. The number of rotatable bonds is 2. The number of pyridine rings is 1. The number of anilines is 3. The number of sulfonamides is 1. The van der Waals surface area contributed by atoms with E-state index in [1.165, 1.54) is 4.31 Å². The molecule has 1 aromatic carbocycles. The van der Waals surface area contributed by atoms with Crippen molar-refractivity contribution in [2.75, 3.05) is 35.1 Å². The van der Waals surface area contributed by atoms with Crippen LogP contribution in [0.1, 0.15) is 18.4 Å². The number of nitriles is 1. The van der Waals surface area contributed by atoms with E-state index in [2.05, 4.69) is 16.0 Å². The summed E-state index contributed by atoms with van der Waals surface area (Å²) in [6, 6.07) is 7.90. The molecule has 2 aliphatic heterocycles. The lowest BCUT2D eigenvalue weighted by Crippen LogP contribution is -2.34. The minimum atomic E-state index is -3.31. The molecule has 0 saturated carbocycles. The Morgan fingerprint density at radius 2 is 2.04 bits per heavy atom. The van der Waals surface area contributed by atoms with Gasteiger partial charge in [-0.05, 0) is 36.1 Å². The molecule has 1 aromatic heterocycles. The predicted molar refractivity (Wildman–Crippen MR) is 111 cm³/mol. The zero-order valence-electron chi connectivity index (χ0n) is 15.4. The smallest absolute Gasteiger partial charge is 0.239 e. The minimum absolute atomic E-state index is 0.0221. The van der Waals surface area contributed by atoms with Crippen molar-refractivity contribution >= 4 is 38.8 Å². The highest BCUT2D eigenvalue weighted by atomic mass is 35.5. The molecule has 0 amide bonds. The molecule has 28 heavy (non-hydrogen) atoms. The van der Waals surface area contributed by atoms with Crippen molar-refractivity contribution in [1.82, 2.24) is 4.98 Å². The topological polar surface area (TPSA) is 103 Å². The lowest BCUT2D eigenvalue weighted by molar-refractivity contribution is 0.488. The third kappa shape index (κ3) is 3.05. The molecule has 2 aromatic rings. The van der Waals surface area contributed by atoms with Gasteiger partial charge in [0.25, 0.3) is 0 Å². The number of hydrogen-bond donors (Lipinski definition) is 1. The standard InChI is InChI=1S/C19H20ClN5O2S/c1-24-16-3-2-13(8-14(16)11-28(24,26)27)15-10-23-19(22)17(20)18(15)25-6-4-12(9-21)5-7-25/h2-3,8,10,12H,4-7,11H2,1H3,(H2,22,23). The SMILES string of the molecule is CN1c2ccc(-c3cnc(N)c(Cl)c3N3CCC(C#N)CC3)cc2CS1(=O)=O. The molecule has 0 unspecified atom stereocenters. The fourth-order valence-corrected chi connectivity index (χ4v) is 5.43. The number of aromatic nitrogens is 1. The van der Waals surface area contributed by atoms with E-state index in [1.54, 1.807) is 13.2 Å². The number of nitrogen functional groups attached to an aromatic ring is 1. The largest absolute Gasteiger partial charge is 0.382 e. The number of benzene rings is 1. The number of nitrogens with zero attached hydrogens (tertiary/aromatic N) is 4. The third-order valence-electron chi connectivity index (χ3n) is 5.50. The highest BCUT2D eigenvalue weighted by Crippen LogP contribution is 2.43. The summed E-state index contributed by atoms with van der Waals surface area (Å²) < 4.78 is 25.7. The number of hydrogen-bond acceptors (Lipinski definition) is 6. The minimum Gasteiger partial charge on any atom is -0.382 e. The van der Waals surface area contributed by atoms with Crippen LogP contribution in [0.5, 0.6) is 0 Å². The first-order valence-corrected chi connectivity index (χ1v) is 11.0. The Balaban J connectivity index is 1.78. The Bertz CT molecular complexity index is 1090. The first-order chi connectivity index (χ1) is 13.3. The van der Waals surface area contributed by atoms with Crippen molar-refractivity contribution in [1.29, 1.82) is 5.26 Å². The van der Waals surface area contributed by atoms with Gasteiger partial charge in [0.15, 0.2) is 0 Å². The molecule has 1 fully saturated rings. The fourth-order valence-electron chi connectivity index (χ4n) is 3.86. The van der Waals surface area contributed by atoms with Gasteiger partial charge >= 0.3 is 0 Å². The number of nitrogens with two attached hydrogens (primary N) is 1. The molecule has 0 aliphatic carbocycles. The molecule has 0 atom stereocenters. The van der Waals surface area contributed by atoms with Gasteiger partial charge in [-0.25, -0.2) is 13.4 Å². The van der Waals surface area contributed by atoms with E-state index in [9.17, 15) is 8.42 Å². The van der Waals surface area contributed by atoms with Crippen LogP contribution in [0, 0.1) is 17.2 Å². The average Bonchev–Trinajstić information content (AvgIpc) is 2.92. The molecule has 0 bridgehead atoms. The average molecular weight is 418 g/mol. The van der Waals surface area contributed by atoms with Gasteiger partial charge in [0.1, 0.15) is 10.8 Å². The second-order valence-corrected chi connectivity index (χ2v) is 9.56.